The first kappa shape index (κ1) is 14.0. The van der Waals surface area contributed by atoms with Crippen LogP contribution in [0.25, 0.3) is 0 Å². The lowest BCUT2D eigenvalue weighted by Crippen LogP contribution is -2.53. The number of para-hydroxylation sites is 1. The summed E-state index contributed by atoms with van der Waals surface area (Å²) in [5.74, 6) is -1.72. The van der Waals surface area contributed by atoms with E-state index >= 15 is 0 Å². The predicted molar refractivity (Wildman–Crippen MR) is 65.0 cm³/mol. The Bertz CT molecular complexity index is 474. The van der Waals surface area contributed by atoms with Crippen molar-refractivity contribution < 1.29 is 19.1 Å². The highest BCUT2D eigenvalue weighted by atomic mass is 19.1. The summed E-state index contributed by atoms with van der Waals surface area (Å²) in [5, 5.41) is 11.2. The highest BCUT2D eigenvalue weighted by Crippen LogP contribution is 2.17. The van der Waals surface area contributed by atoms with Gasteiger partial charge in [0.1, 0.15) is 11.4 Å². The largest absolute Gasteiger partial charge is 0.480 e. The van der Waals surface area contributed by atoms with Gasteiger partial charge in [0.2, 0.25) is 0 Å². The highest BCUT2D eigenvalue weighted by molar-refractivity contribution is 5.95. The van der Waals surface area contributed by atoms with Crippen LogP contribution in [0.5, 0.6) is 0 Å². The van der Waals surface area contributed by atoms with Crippen molar-refractivity contribution in [3.8, 4) is 0 Å². The van der Waals surface area contributed by atoms with Crippen LogP contribution in [0.15, 0.2) is 24.3 Å². The fraction of sp³-hybridized carbons (Fsp3) is 0.333. The Kier molecular flexibility index (Phi) is 3.90. The van der Waals surface area contributed by atoms with Crippen molar-refractivity contribution in [1.29, 1.82) is 0 Å². The summed E-state index contributed by atoms with van der Waals surface area (Å²) < 4.78 is 13.5. The third kappa shape index (κ3) is 2.97. The molecule has 0 aromatic heterocycles. The molecule has 2 amide bonds. The van der Waals surface area contributed by atoms with E-state index in [1.54, 1.807) is 6.07 Å². The zero-order valence-corrected chi connectivity index (χ0v) is 10.4. The van der Waals surface area contributed by atoms with Crippen LogP contribution >= 0.6 is 0 Å². The lowest BCUT2D eigenvalue weighted by atomic mass is 10.1. The molecule has 5 nitrogen and oxygen atoms in total. The Hall–Kier alpha value is -2.11. The number of halogens is 1. The molecule has 6 heteroatoms. The van der Waals surface area contributed by atoms with E-state index in [4.69, 9.17) is 5.11 Å². The van der Waals surface area contributed by atoms with Gasteiger partial charge in [-0.1, -0.05) is 12.1 Å². The molecule has 0 saturated heterocycles. The van der Waals surface area contributed by atoms with Crippen molar-refractivity contribution in [2.24, 2.45) is 0 Å². The number of nitrogens with zero attached hydrogens (tertiary/aromatic N) is 1. The number of rotatable bonds is 3. The molecule has 0 radical (unpaired) electrons. The van der Waals surface area contributed by atoms with Crippen molar-refractivity contribution in [2.75, 3.05) is 11.9 Å². The molecule has 0 saturated carbocycles. The van der Waals surface area contributed by atoms with Gasteiger partial charge in [0.25, 0.3) is 0 Å². The van der Waals surface area contributed by atoms with Gasteiger partial charge >= 0.3 is 12.0 Å². The van der Waals surface area contributed by atoms with Gasteiger partial charge in [-0.05, 0) is 26.0 Å². The molecule has 0 unspecified atom stereocenters. The molecule has 0 bridgehead atoms. The Labute approximate surface area is 104 Å². The molecule has 1 rings (SSSR count). The van der Waals surface area contributed by atoms with Gasteiger partial charge in [0, 0.05) is 7.05 Å². The maximum atomic E-state index is 13.5. The van der Waals surface area contributed by atoms with Crippen LogP contribution < -0.4 is 10.2 Å². The minimum atomic E-state index is -1.42. The highest BCUT2D eigenvalue weighted by Gasteiger charge is 2.30. The van der Waals surface area contributed by atoms with Gasteiger partial charge in [-0.3, -0.25) is 4.90 Å². The number of benzene rings is 1. The summed E-state index contributed by atoms with van der Waals surface area (Å²) >= 11 is 0. The summed E-state index contributed by atoms with van der Waals surface area (Å²) in [6.45, 7) is 2.70. The quantitative estimate of drug-likeness (QED) is 0.864. The van der Waals surface area contributed by atoms with E-state index in [1.165, 1.54) is 39.1 Å². The predicted octanol–water partition coefficient (Wildman–Crippen LogP) is 1.83. The zero-order chi connectivity index (χ0) is 13.9. The first-order chi connectivity index (χ1) is 8.25. The Morgan fingerprint density at radius 1 is 1.33 bits per heavy atom. The molecule has 1 aromatic carbocycles. The first-order valence-corrected chi connectivity index (χ1v) is 5.29. The molecule has 0 fully saturated rings. The van der Waals surface area contributed by atoms with Gasteiger partial charge in [-0.25, -0.2) is 14.0 Å². The molecule has 0 atom stereocenters. The maximum absolute atomic E-state index is 13.5. The Morgan fingerprint density at radius 3 is 2.39 bits per heavy atom. The molecule has 0 aliphatic heterocycles. The fourth-order valence-corrected chi connectivity index (χ4v) is 1.24. The number of anilines is 1. The molecular weight excluding hydrogens is 239 g/mol. The number of hydrogen-bond acceptors (Lipinski definition) is 2. The standard InChI is InChI=1S/C12H15FN2O3/c1-12(2,10(16)17)14-11(18)15(3)9-7-5-4-6-8(9)13/h4-7H,1-3H3,(H,14,18)(H,16,17). The van der Waals surface area contributed by atoms with Crippen LogP contribution in [0, 0.1) is 5.82 Å². The van der Waals surface area contributed by atoms with Gasteiger partial charge in [0.05, 0.1) is 5.69 Å². The minimum Gasteiger partial charge on any atom is -0.480 e. The summed E-state index contributed by atoms with van der Waals surface area (Å²) in [6, 6.07) is 5.06. The summed E-state index contributed by atoms with van der Waals surface area (Å²) in [7, 11) is 1.37. The van der Waals surface area contributed by atoms with Crippen LogP contribution in [-0.4, -0.2) is 29.7 Å². The zero-order valence-electron chi connectivity index (χ0n) is 10.4. The van der Waals surface area contributed by atoms with Crippen molar-refractivity contribution in [2.45, 2.75) is 19.4 Å². The average molecular weight is 254 g/mol. The molecule has 0 aliphatic rings. The Balaban J connectivity index is 2.86. The fourth-order valence-electron chi connectivity index (χ4n) is 1.24. The van der Waals surface area contributed by atoms with E-state index in [9.17, 15) is 14.0 Å². The summed E-state index contributed by atoms with van der Waals surface area (Å²) in [6.07, 6.45) is 0. The van der Waals surface area contributed by atoms with Crippen LogP contribution in [-0.2, 0) is 4.79 Å². The second kappa shape index (κ2) is 5.03. The van der Waals surface area contributed by atoms with E-state index in [-0.39, 0.29) is 5.69 Å². The number of amides is 2. The van der Waals surface area contributed by atoms with Crippen molar-refractivity contribution >= 4 is 17.7 Å². The minimum absolute atomic E-state index is 0.0798. The van der Waals surface area contributed by atoms with E-state index in [1.807, 2.05) is 0 Å². The smallest absolute Gasteiger partial charge is 0.328 e. The third-order valence-corrected chi connectivity index (χ3v) is 2.47. The third-order valence-electron chi connectivity index (χ3n) is 2.47. The summed E-state index contributed by atoms with van der Waals surface area (Å²) in [4.78, 5) is 23.7. The molecule has 18 heavy (non-hydrogen) atoms. The van der Waals surface area contributed by atoms with E-state index in [2.05, 4.69) is 5.32 Å². The van der Waals surface area contributed by atoms with E-state index in [0.717, 1.165) is 4.90 Å². The van der Waals surface area contributed by atoms with Crippen molar-refractivity contribution in [3.05, 3.63) is 30.1 Å². The number of nitrogens with one attached hydrogen (secondary N) is 1. The molecule has 0 heterocycles. The topological polar surface area (TPSA) is 69.6 Å². The van der Waals surface area contributed by atoms with E-state index in [0.29, 0.717) is 0 Å². The second-order valence-corrected chi connectivity index (χ2v) is 4.37. The number of carbonyl (C=O) groups is 2. The second-order valence-electron chi connectivity index (χ2n) is 4.37. The molecular formula is C12H15FN2O3. The van der Waals surface area contributed by atoms with Crippen LogP contribution in [0.4, 0.5) is 14.9 Å². The SMILES string of the molecule is CN(C(=O)NC(C)(C)C(=O)O)c1ccccc1F. The Morgan fingerprint density at radius 2 is 1.89 bits per heavy atom. The average Bonchev–Trinajstić information content (AvgIpc) is 2.28. The first-order valence-electron chi connectivity index (χ1n) is 5.29. The van der Waals surface area contributed by atoms with Crippen LogP contribution in [0.3, 0.4) is 0 Å². The van der Waals surface area contributed by atoms with Gasteiger partial charge < -0.3 is 10.4 Å². The summed E-state index contributed by atoms with van der Waals surface area (Å²) in [5.41, 5.74) is -1.34. The van der Waals surface area contributed by atoms with Gasteiger partial charge in [-0.15, -0.1) is 0 Å². The number of carbonyl (C=O) groups excluding carboxylic acids is 1. The number of hydrogen-bond donors (Lipinski definition) is 2. The van der Waals surface area contributed by atoms with Crippen molar-refractivity contribution in [3.63, 3.8) is 0 Å². The lowest BCUT2D eigenvalue weighted by molar-refractivity contribution is -0.142. The van der Waals surface area contributed by atoms with Crippen LogP contribution in [0.2, 0.25) is 0 Å². The number of carboxylic acid groups (broad SMARTS) is 1. The van der Waals surface area contributed by atoms with E-state index < -0.39 is 23.4 Å². The number of urea groups is 1. The van der Waals surface area contributed by atoms with Gasteiger partial charge in [-0.2, -0.15) is 0 Å². The molecule has 2 N–H and O–H groups in total. The van der Waals surface area contributed by atoms with Gasteiger partial charge in [0.15, 0.2) is 0 Å². The molecule has 0 spiro atoms. The molecule has 0 aliphatic carbocycles. The van der Waals surface area contributed by atoms with Crippen LogP contribution in [0.1, 0.15) is 13.8 Å². The maximum Gasteiger partial charge on any atom is 0.328 e. The number of aliphatic carboxylic acids is 1. The van der Waals surface area contributed by atoms with Crippen molar-refractivity contribution in [1.82, 2.24) is 5.32 Å². The lowest BCUT2D eigenvalue weighted by Gasteiger charge is -2.25. The number of carboxylic acids is 1. The normalized spacial score (nSPS) is 10.9. The monoisotopic (exact) mass is 254 g/mol. The molecule has 98 valence electrons. The molecule has 1 aromatic rings.